The molecule has 0 spiro atoms. The molecule has 5 rings (SSSR count). The first-order chi connectivity index (χ1) is 16.0. The Hall–Kier alpha value is -4.72. The number of rotatable bonds is 4. The zero-order valence-electron chi connectivity index (χ0n) is 17.3. The molecule has 0 fully saturated rings. The van der Waals surface area contributed by atoms with Crippen LogP contribution in [0.5, 0.6) is 28.7 Å². The third kappa shape index (κ3) is 3.34. The average molecular weight is 443 g/mol. The summed E-state index contributed by atoms with van der Waals surface area (Å²) in [6.45, 7) is 0. The number of phenolic OH excluding ortho intramolecular Hbond substituents is 1. The summed E-state index contributed by atoms with van der Waals surface area (Å²) in [5.41, 5.74) is -0.683. The van der Waals surface area contributed by atoms with Gasteiger partial charge >= 0.3 is 5.63 Å². The summed E-state index contributed by atoms with van der Waals surface area (Å²) in [4.78, 5) is 26.4. The molecule has 0 bridgehead atoms. The highest BCUT2D eigenvalue weighted by Gasteiger charge is 2.24. The van der Waals surface area contributed by atoms with Crippen LogP contribution in [0, 0.1) is 0 Å². The van der Waals surface area contributed by atoms with Gasteiger partial charge in [-0.05, 0) is 36.4 Å². The molecule has 0 amide bonds. The van der Waals surface area contributed by atoms with E-state index in [4.69, 9.17) is 13.9 Å². The lowest BCUT2D eigenvalue weighted by atomic mass is 10.1. The van der Waals surface area contributed by atoms with Crippen molar-refractivity contribution < 1.29 is 24.1 Å². The van der Waals surface area contributed by atoms with Crippen LogP contribution in [0.4, 0.5) is 0 Å². The molecule has 0 unspecified atom stereocenters. The molecule has 0 atom stereocenters. The molecule has 0 radical (unpaired) electrons. The van der Waals surface area contributed by atoms with E-state index in [0.29, 0.717) is 22.3 Å². The fourth-order valence-electron chi connectivity index (χ4n) is 3.72. The number of aromatic hydroxyl groups is 2. The Morgan fingerprint density at radius 3 is 2.39 bits per heavy atom. The quantitative estimate of drug-likeness (QED) is 0.398. The first-order valence-electron chi connectivity index (χ1n) is 9.93. The Bertz CT molecular complexity index is 1640. The highest BCUT2D eigenvalue weighted by Crippen LogP contribution is 2.37. The lowest BCUT2D eigenvalue weighted by Gasteiger charge is -2.15. The normalized spacial score (nSPS) is 11.1. The Labute approximate surface area is 186 Å². The number of aromatic nitrogens is 1. The third-order valence-electron chi connectivity index (χ3n) is 5.22. The van der Waals surface area contributed by atoms with Crippen LogP contribution in [0.2, 0.25) is 0 Å². The van der Waals surface area contributed by atoms with Crippen molar-refractivity contribution in [3.05, 3.63) is 93.6 Å². The van der Waals surface area contributed by atoms with E-state index in [1.807, 2.05) is 6.07 Å². The van der Waals surface area contributed by atoms with Gasteiger partial charge in [0.05, 0.1) is 12.6 Å². The van der Waals surface area contributed by atoms with Gasteiger partial charge in [0.2, 0.25) is 0 Å². The minimum atomic E-state index is -0.975. The molecule has 164 valence electrons. The molecule has 2 aromatic heterocycles. The Morgan fingerprint density at radius 1 is 0.879 bits per heavy atom. The molecule has 0 aliphatic heterocycles. The van der Waals surface area contributed by atoms with Gasteiger partial charge < -0.3 is 24.1 Å². The summed E-state index contributed by atoms with van der Waals surface area (Å²) in [7, 11) is 1.50. The van der Waals surface area contributed by atoms with Crippen LogP contribution in [-0.2, 0) is 0 Å². The molecule has 8 heteroatoms. The van der Waals surface area contributed by atoms with Gasteiger partial charge in [0.25, 0.3) is 11.3 Å². The number of fused-ring (bicyclic) bond motifs is 3. The van der Waals surface area contributed by atoms with Gasteiger partial charge in [0, 0.05) is 23.2 Å². The molecular formula is C25H17NO7. The van der Waals surface area contributed by atoms with Crippen LogP contribution in [0.3, 0.4) is 0 Å². The van der Waals surface area contributed by atoms with Gasteiger partial charge in [-0.2, -0.15) is 0 Å². The number of para-hydroxylation sites is 1. The number of pyridine rings is 1. The largest absolute Gasteiger partial charge is 0.508 e. The van der Waals surface area contributed by atoms with Crippen LogP contribution < -0.4 is 20.7 Å². The van der Waals surface area contributed by atoms with E-state index in [1.54, 1.807) is 42.5 Å². The second-order valence-corrected chi connectivity index (χ2v) is 7.23. The van der Waals surface area contributed by atoms with Crippen LogP contribution in [0.1, 0.15) is 0 Å². The van der Waals surface area contributed by atoms with Crippen molar-refractivity contribution in [1.29, 1.82) is 0 Å². The Kier molecular flexibility index (Phi) is 4.75. The van der Waals surface area contributed by atoms with E-state index in [1.165, 1.54) is 35.9 Å². The third-order valence-corrected chi connectivity index (χ3v) is 5.22. The number of ether oxygens (including phenoxy) is 2. The van der Waals surface area contributed by atoms with E-state index < -0.39 is 22.7 Å². The molecule has 8 nitrogen and oxygen atoms in total. The molecule has 5 aromatic rings. The Balaban J connectivity index is 1.88. The SMILES string of the molecule is COc1ccc2c3oc(=O)c(Oc4cccc(O)c4)c(O)c3c(=O)n(-c3ccccc3)c2c1. The molecular weight excluding hydrogens is 426 g/mol. The summed E-state index contributed by atoms with van der Waals surface area (Å²) in [5.74, 6) is -0.717. The highest BCUT2D eigenvalue weighted by molar-refractivity contribution is 6.05. The zero-order chi connectivity index (χ0) is 23.1. The molecule has 0 aliphatic rings. The summed E-state index contributed by atoms with van der Waals surface area (Å²) < 4.78 is 17.7. The zero-order valence-corrected chi connectivity index (χ0v) is 17.3. The maximum absolute atomic E-state index is 13.6. The minimum Gasteiger partial charge on any atom is -0.508 e. The summed E-state index contributed by atoms with van der Waals surface area (Å²) in [6, 6.07) is 19.5. The monoisotopic (exact) mass is 443 g/mol. The van der Waals surface area contributed by atoms with E-state index in [9.17, 15) is 19.8 Å². The fourth-order valence-corrected chi connectivity index (χ4v) is 3.72. The van der Waals surface area contributed by atoms with Crippen molar-refractivity contribution in [2.75, 3.05) is 7.11 Å². The lowest BCUT2D eigenvalue weighted by Crippen LogP contribution is -2.20. The first kappa shape index (κ1) is 20.2. The molecule has 0 saturated carbocycles. The van der Waals surface area contributed by atoms with E-state index in [-0.39, 0.29) is 22.5 Å². The van der Waals surface area contributed by atoms with Crippen LogP contribution in [0.25, 0.3) is 27.6 Å². The summed E-state index contributed by atoms with van der Waals surface area (Å²) in [6.07, 6.45) is 0. The van der Waals surface area contributed by atoms with Crippen molar-refractivity contribution in [1.82, 2.24) is 4.57 Å². The number of nitrogens with zero attached hydrogens (tertiary/aromatic N) is 1. The maximum atomic E-state index is 13.6. The topological polar surface area (TPSA) is 111 Å². The smallest absolute Gasteiger partial charge is 0.383 e. The maximum Gasteiger partial charge on any atom is 0.383 e. The van der Waals surface area contributed by atoms with Gasteiger partial charge in [-0.25, -0.2) is 4.79 Å². The van der Waals surface area contributed by atoms with Crippen molar-refractivity contribution in [3.63, 3.8) is 0 Å². The van der Waals surface area contributed by atoms with Gasteiger partial charge in [-0.3, -0.25) is 9.36 Å². The minimum absolute atomic E-state index is 0.0735. The van der Waals surface area contributed by atoms with Crippen LogP contribution >= 0.6 is 0 Å². The summed E-state index contributed by atoms with van der Waals surface area (Å²) >= 11 is 0. The van der Waals surface area contributed by atoms with Crippen LogP contribution in [0.15, 0.2) is 86.8 Å². The standard InChI is InChI=1S/C25H17NO7/c1-31-16-10-11-18-19(13-16)26(14-6-3-2-4-7-14)24(29)20-21(28)23(25(30)33-22(18)20)32-17-9-5-8-15(27)12-17/h2-13,27-28H,1H3. The first-order valence-corrected chi connectivity index (χ1v) is 9.93. The van der Waals surface area contributed by atoms with Crippen molar-refractivity contribution in [2.45, 2.75) is 0 Å². The molecule has 33 heavy (non-hydrogen) atoms. The molecule has 0 aliphatic carbocycles. The fraction of sp³-hybridized carbons (Fsp3) is 0.0400. The summed E-state index contributed by atoms with van der Waals surface area (Å²) in [5, 5.41) is 20.9. The van der Waals surface area contributed by atoms with Gasteiger partial charge in [-0.1, -0.05) is 24.3 Å². The van der Waals surface area contributed by atoms with Gasteiger partial charge in [0.15, 0.2) is 11.3 Å². The number of hydrogen-bond donors (Lipinski definition) is 2. The molecule has 0 saturated heterocycles. The van der Waals surface area contributed by atoms with Crippen LogP contribution in [-0.4, -0.2) is 21.9 Å². The highest BCUT2D eigenvalue weighted by atomic mass is 16.5. The molecule has 2 heterocycles. The van der Waals surface area contributed by atoms with Gasteiger partial charge in [0.1, 0.15) is 22.6 Å². The van der Waals surface area contributed by atoms with E-state index in [0.717, 1.165) is 0 Å². The number of methoxy groups -OCH3 is 1. The Morgan fingerprint density at radius 2 is 1.67 bits per heavy atom. The molecule has 3 aromatic carbocycles. The molecule has 2 N–H and O–H groups in total. The van der Waals surface area contributed by atoms with E-state index >= 15 is 0 Å². The average Bonchev–Trinajstić information content (AvgIpc) is 2.82. The van der Waals surface area contributed by atoms with Crippen molar-refractivity contribution in [2.24, 2.45) is 0 Å². The second-order valence-electron chi connectivity index (χ2n) is 7.23. The lowest BCUT2D eigenvalue weighted by molar-refractivity contribution is 0.384. The predicted molar refractivity (Wildman–Crippen MR) is 122 cm³/mol. The van der Waals surface area contributed by atoms with Gasteiger partial charge in [-0.15, -0.1) is 0 Å². The second kappa shape index (κ2) is 7.76. The van der Waals surface area contributed by atoms with E-state index in [2.05, 4.69) is 0 Å². The van der Waals surface area contributed by atoms with Crippen molar-refractivity contribution >= 4 is 21.9 Å². The predicted octanol–water partition coefficient (Wildman–Crippen LogP) is 4.31. The van der Waals surface area contributed by atoms with Crippen molar-refractivity contribution in [3.8, 4) is 34.4 Å². The number of hydrogen-bond acceptors (Lipinski definition) is 7. The number of phenols is 1. The number of benzene rings is 3.